The molecular weight excluding hydrogens is 321 g/mol. The summed E-state index contributed by atoms with van der Waals surface area (Å²) in [5.41, 5.74) is -0.327. The lowest BCUT2D eigenvalue weighted by Crippen LogP contribution is -2.57. The maximum atomic E-state index is 14.2. The van der Waals surface area contributed by atoms with Crippen LogP contribution in [-0.4, -0.2) is 49.3 Å². The van der Waals surface area contributed by atoms with E-state index >= 15 is 0 Å². The second kappa shape index (κ2) is 6.36. The molecule has 4 rings (SSSR count). The van der Waals surface area contributed by atoms with E-state index in [1.807, 2.05) is 11.0 Å². The summed E-state index contributed by atoms with van der Waals surface area (Å²) in [5, 5.41) is 0. The van der Waals surface area contributed by atoms with E-state index < -0.39 is 5.41 Å². The van der Waals surface area contributed by atoms with Crippen molar-refractivity contribution in [1.29, 1.82) is 0 Å². The van der Waals surface area contributed by atoms with Crippen molar-refractivity contribution in [2.45, 2.75) is 55.6 Å². The Balaban J connectivity index is 1.48. The zero-order valence-electron chi connectivity index (χ0n) is 14.8. The SMILES string of the molecule is COC1CCCOC12CCN(C(=O)C1(c3ccccc3F)CC1)CC2. The van der Waals surface area contributed by atoms with Gasteiger partial charge in [0.2, 0.25) is 5.91 Å². The Morgan fingerprint density at radius 1 is 1.24 bits per heavy atom. The average molecular weight is 347 g/mol. The van der Waals surface area contributed by atoms with Crippen LogP contribution >= 0.6 is 0 Å². The van der Waals surface area contributed by atoms with Gasteiger partial charge in [-0.25, -0.2) is 4.39 Å². The predicted octanol–water partition coefficient (Wildman–Crippen LogP) is 3.04. The normalized spacial score (nSPS) is 27.3. The zero-order valence-corrected chi connectivity index (χ0v) is 14.8. The third kappa shape index (κ3) is 2.77. The van der Waals surface area contributed by atoms with Crippen LogP contribution in [0.3, 0.4) is 0 Å². The topological polar surface area (TPSA) is 38.8 Å². The molecule has 1 aromatic carbocycles. The highest BCUT2D eigenvalue weighted by Crippen LogP contribution is 2.51. The first kappa shape index (κ1) is 17.0. The van der Waals surface area contributed by atoms with Crippen molar-refractivity contribution >= 4 is 5.91 Å². The quantitative estimate of drug-likeness (QED) is 0.844. The summed E-state index contributed by atoms with van der Waals surface area (Å²) in [5.74, 6) is -0.186. The molecule has 25 heavy (non-hydrogen) atoms. The van der Waals surface area contributed by atoms with Gasteiger partial charge >= 0.3 is 0 Å². The molecule has 1 spiro atoms. The van der Waals surface area contributed by atoms with Gasteiger partial charge in [0.05, 0.1) is 17.1 Å². The molecule has 3 fully saturated rings. The number of hydrogen-bond donors (Lipinski definition) is 0. The van der Waals surface area contributed by atoms with Gasteiger partial charge in [-0.15, -0.1) is 0 Å². The number of likely N-dealkylation sites (tertiary alicyclic amines) is 1. The van der Waals surface area contributed by atoms with Crippen molar-refractivity contribution in [2.24, 2.45) is 0 Å². The summed E-state index contributed by atoms with van der Waals surface area (Å²) in [7, 11) is 1.75. The molecule has 0 aromatic heterocycles. The lowest BCUT2D eigenvalue weighted by molar-refractivity contribution is -0.188. The number of hydrogen-bond acceptors (Lipinski definition) is 3. The molecule has 0 radical (unpaired) electrons. The minimum Gasteiger partial charge on any atom is -0.378 e. The lowest BCUT2D eigenvalue weighted by atomic mass is 9.81. The molecule has 1 atom stereocenters. The molecule has 1 amide bonds. The van der Waals surface area contributed by atoms with E-state index in [4.69, 9.17) is 9.47 Å². The Kier molecular flexibility index (Phi) is 4.32. The number of carbonyl (C=O) groups excluding carboxylic acids is 1. The lowest BCUT2D eigenvalue weighted by Gasteiger charge is -2.48. The summed E-state index contributed by atoms with van der Waals surface area (Å²) in [6, 6.07) is 6.70. The Labute approximate surface area is 148 Å². The molecular formula is C20H26FNO3. The van der Waals surface area contributed by atoms with Crippen LogP contribution < -0.4 is 0 Å². The number of methoxy groups -OCH3 is 1. The van der Waals surface area contributed by atoms with Crippen molar-refractivity contribution in [3.8, 4) is 0 Å². The Bertz CT molecular complexity index is 650. The van der Waals surface area contributed by atoms with Crippen molar-refractivity contribution in [3.63, 3.8) is 0 Å². The molecule has 136 valence electrons. The monoisotopic (exact) mass is 347 g/mol. The molecule has 2 aliphatic heterocycles. The minimum absolute atomic E-state index is 0.0808. The smallest absolute Gasteiger partial charge is 0.233 e. The Morgan fingerprint density at radius 2 is 1.96 bits per heavy atom. The largest absolute Gasteiger partial charge is 0.378 e. The van der Waals surface area contributed by atoms with Gasteiger partial charge < -0.3 is 14.4 Å². The highest BCUT2D eigenvalue weighted by atomic mass is 19.1. The Morgan fingerprint density at radius 3 is 2.60 bits per heavy atom. The van der Waals surface area contributed by atoms with E-state index in [1.165, 1.54) is 6.07 Å². The Hall–Kier alpha value is -1.46. The van der Waals surface area contributed by atoms with Crippen LogP contribution in [-0.2, 0) is 19.7 Å². The molecule has 1 saturated carbocycles. The number of halogens is 1. The summed E-state index contributed by atoms with van der Waals surface area (Å²) < 4.78 is 26.0. The molecule has 0 N–H and O–H groups in total. The third-order valence-electron chi connectivity index (χ3n) is 6.32. The van der Waals surface area contributed by atoms with E-state index in [0.717, 1.165) is 45.1 Å². The molecule has 3 aliphatic rings. The van der Waals surface area contributed by atoms with Crippen LogP contribution in [0.1, 0.15) is 44.1 Å². The van der Waals surface area contributed by atoms with Crippen LogP contribution in [0.25, 0.3) is 0 Å². The molecule has 2 saturated heterocycles. The predicted molar refractivity (Wildman–Crippen MR) is 91.8 cm³/mol. The van der Waals surface area contributed by atoms with Gasteiger partial charge in [0.15, 0.2) is 0 Å². The fraction of sp³-hybridized carbons (Fsp3) is 0.650. The second-order valence-electron chi connectivity index (χ2n) is 7.63. The first-order valence-electron chi connectivity index (χ1n) is 9.32. The highest BCUT2D eigenvalue weighted by molar-refractivity contribution is 5.91. The van der Waals surface area contributed by atoms with E-state index in [9.17, 15) is 9.18 Å². The van der Waals surface area contributed by atoms with Crippen molar-refractivity contribution < 1.29 is 18.7 Å². The summed E-state index contributed by atoms with van der Waals surface area (Å²) in [6.07, 6.45) is 5.23. The van der Waals surface area contributed by atoms with Gasteiger partial charge in [-0.05, 0) is 44.6 Å². The van der Waals surface area contributed by atoms with Crippen LogP contribution in [0, 0.1) is 5.82 Å². The summed E-state index contributed by atoms with van der Waals surface area (Å²) >= 11 is 0. The fourth-order valence-corrected chi connectivity index (χ4v) is 4.66. The van der Waals surface area contributed by atoms with E-state index in [0.29, 0.717) is 18.7 Å². The fourth-order valence-electron chi connectivity index (χ4n) is 4.66. The minimum atomic E-state index is -0.635. The molecule has 1 aromatic rings. The van der Waals surface area contributed by atoms with Gasteiger partial charge in [0, 0.05) is 32.4 Å². The average Bonchev–Trinajstić information content (AvgIpc) is 3.44. The van der Waals surface area contributed by atoms with Crippen molar-refractivity contribution in [1.82, 2.24) is 4.90 Å². The van der Waals surface area contributed by atoms with E-state index in [-0.39, 0.29) is 23.4 Å². The number of ether oxygens (including phenoxy) is 2. The van der Waals surface area contributed by atoms with Gasteiger partial charge in [0.25, 0.3) is 0 Å². The molecule has 2 heterocycles. The molecule has 1 unspecified atom stereocenters. The number of rotatable bonds is 3. The van der Waals surface area contributed by atoms with Gasteiger partial charge in [-0.3, -0.25) is 4.79 Å². The third-order valence-corrected chi connectivity index (χ3v) is 6.32. The van der Waals surface area contributed by atoms with Crippen molar-refractivity contribution in [2.75, 3.05) is 26.8 Å². The highest BCUT2D eigenvalue weighted by Gasteiger charge is 2.55. The molecule has 1 aliphatic carbocycles. The zero-order chi connectivity index (χ0) is 17.5. The van der Waals surface area contributed by atoms with Crippen LogP contribution in [0.5, 0.6) is 0 Å². The summed E-state index contributed by atoms with van der Waals surface area (Å²) in [4.78, 5) is 15.1. The van der Waals surface area contributed by atoms with Gasteiger partial charge in [-0.2, -0.15) is 0 Å². The maximum absolute atomic E-state index is 14.2. The van der Waals surface area contributed by atoms with Crippen LogP contribution in [0.15, 0.2) is 24.3 Å². The van der Waals surface area contributed by atoms with Crippen LogP contribution in [0.2, 0.25) is 0 Å². The van der Waals surface area contributed by atoms with Gasteiger partial charge in [-0.1, -0.05) is 18.2 Å². The number of nitrogens with zero attached hydrogens (tertiary/aromatic N) is 1. The number of amides is 1. The van der Waals surface area contributed by atoms with Crippen LogP contribution in [0.4, 0.5) is 4.39 Å². The molecule has 4 nitrogen and oxygen atoms in total. The molecule has 5 heteroatoms. The van der Waals surface area contributed by atoms with Crippen molar-refractivity contribution in [3.05, 3.63) is 35.6 Å². The van der Waals surface area contributed by atoms with E-state index in [1.54, 1.807) is 19.2 Å². The summed E-state index contributed by atoms with van der Waals surface area (Å²) in [6.45, 7) is 2.09. The standard InChI is InChI=1S/C20H26FNO3/c1-24-17-7-4-14-25-20(17)10-12-22(13-11-20)18(23)19(8-9-19)15-5-2-3-6-16(15)21/h2-3,5-6,17H,4,7-14H2,1H3. The first-order valence-corrected chi connectivity index (χ1v) is 9.32. The second-order valence-corrected chi connectivity index (χ2v) is 7.63. The first-order chi connectivity index (χ1) is 12.1. The number of benzene rings is 1. The van der Waals surface area contributed by atoms with E-state index in [2.05, 4.69) is 0 Å². The number of piperidine rings is 1. The maximum Gasteiger partial charge on any atom is 0.233 e. The number of carbonyl (C=O) groups is 1. The molecule has 0 bridgehead atoms. The van der Waals surface area contributed by atoms with Gasteiger partial charge in [0.1, 0.15) is 5.82 Å².